The van der Waals surface area contributed by atoms with Crippen LogP contribution in [0.1, 0.15) is 53.6 Å². The molecule has 2 aromatic rings. The number of benzene rings is 1. The van der Waals surface area contributed by atoms with Gasteiger partial charge in [0.2, 0.25) is 5.95 Å². The second-order valence-corrected chi connectivity index (χ2v) is 6.44. The zero-order chi connectivity index (χ0) is 16.8. The van der Waals surface area contributed by atoms with Gasteiger partial charge in [-0.2, -0.15) is 0 Å². The number of nitrogens with one attached hydrogen (secondary N) is 2. The highest BCUT2D eigenvalue weighted by atomic mass is 16.1. The van der Waals surface area contributed by atoms with E-state index in [1.54, 1.807) is 12.4 Å². The number of hydrogen-bond acceptors (Lipinski definition) is 4. The van der Waals surface area contributed by atoms with Crippen LogP contribution in [0.15, 0.2) is 36.7 Å². The number of carbonyl (C=O) groups excluding carboxylic acids is 1. The van der Waals surface area contributed by atoms with Gasteiger partial charge in [0.05, 0.1) is 5.56 Å². The van der Waals surface area contributed by atoms with Crippen LogP contribution in [0.25, 0.3) is 0 Å². The highest BCUT2D eigenvalue weighted by Crippen LogP contribution is 2.19. The molecular weight excluding hydrogens is 300 g/mol. The second kappa shape index (κ2) is 7.90. The Morgan fingerprint density at radius 1 is 1.08 bits per heavy atom. The summed E-state index contributed by atoms with van der Waals surface area (Å²) in [4.78, 5) is 20.7. The van der Waals surface area contributed by atoms with Crippen molar-refractivity contribution in [3.8, 4) is 0 Å². The summed E-state index contributed by atoms with van der Waals surface area (Å²) in [6.45, 7) is 2.55. The third kappa shape index (κ3) is 4.54. The molecule has 24 heavy (non-hydrogen) atoms. The summed E-state index contributed by atoms with van der Waals surface area (Å²) in [5.74, 6) is 0.455. The lowest BCUT2D eigenvalue weighted by atomic mass is 9.96. The van der Waals surface area contributed by atoms with Gasteiger partial charge >= 0.3 is 0 Å². The summed E-state index contributed by atoms with van der Waals surface area (Å²) in [5, 5.41) is 6.25. The molecule has 0 spiro atoms. The quantitative estimate of drug-likeness (QED) is 0.884. The van der Waals surface area contributed by atoms with Crippen LogP contribution in [-0.2, 0) is 6.54 Å². The molecule has 1 aliphatic carbocycles. The molecule has 5 heteroatoms. The van der Waals surface area contributed by atoms with Gasteiger partial charge in [0.25, 0.3) is 5.91 Å². The van der Waals surface area contributed by atoms with Crippen molar-refractivity contribution in [1.82, 2.24) is 15.3 Å². The number of carbonyl (C=O) groups is 1. The Labute approximate surface area is 142 Å². The van der Waals surface area contributed by atoms with Gasteiger partial charge in [-0.05, 0) is 25.3 Å². The van der Waals surface area contributed by atoms with Gasteiger partial charge in [0.1, 0.15) is 0 Å². The zero-order valence-electron chi connectivity index (χ0n) is 14.1. The van der Waals surface area contributed by atoms with Crippen LogP contribution in [-0.4, -0.2) is 21.9 Å². The first-order chi connectivity index (χ1) is 11.7. The molecule has 0 saturated heterocycles. The Balaban J connectivity index is 1.52. The number of aryl methyl sites for hydroxylation is 1. The third-order valence-corrected chi connectivity index (χ3v) is 4.43. The van der Waals surface area contributed by atoms with Crippen molar-refractivity contribution < 1.29 is 4.79 Å². The van der Waals surface area contributed by atoms with Gasteiger partial charge in [-0.1, -0.05) is 49.1 Å². The molecule has 1 heterocycles. The lowest BCUT2D eigenvalue weighted by molar-refractivity contribution is 0.0950. The number of hydrogen-bond donors (Lipinski definition) is 2. The average molecular weight is 324 g/mol. The lowest BCUT2D eigenvalue weighted by Crippen LogP contribution is -2.25. The maximum absolute atomic E-state index is 12.2. The molecular formula is C19H24N4O. The standard InChI is InChI=1S/C19H24N4O/c1-14-7-9-15(10-8-14)11-20-18(24)16-12-21-19(22-13-16)23-17-5-3-2-4-6-17/h7-10,12-13,17H,2-6,11H2,1H3,(H,20,24)(H,21,22,23). The Kier molecular flexibility index (Phi) is 5.41. The van der Waals surface area contributed by atoms with Gasteiger partial charge in [0, 0.05) is 25.0 Å². The molecule has 3 rings (SSSR count). The summed E-state index contributed by atoms with van der Waals surface area (Å²) in [6.07, 6.45) is 9.35. The molecule has 0 unspecified atom stereocenters. The van der Waals surface area contributed by atoms with Gasteiger partial charge in [-0.3, -0.25) is 4.79 Å². The molecule has 1 saturated carbocycles. The van der Waals surface area contributed by atoms with Crippen LogP contribution >= 0.6 is 0 Å². The molecule has 1 amide bonds. The molecule has 0 radical (unpaired) electrons. The molecule has 0 aliphatic heterocycles. The predicted octanol–water partition coefficient (Wildman–Crippen LogP) is 3.46. The molecule has 1 aromatic heterocycles. The maximum atomic E-state index is 12.2. The van der Waals surface area contributed by atoms with Crippen LogP contribution in [0.3, 0.4) is 0 Å². The third-order valence-electron chi connectivity index (χ3n) is 4.43. The smallest absolute Gasteiger partial charge is 0.254 e. The molecule has 126 valence electrons. The van der Waals surface area contributed by atoms with Crippen molar-refractivity contribution in [2.24, 2.45) is 0 Å². The van der Waals surface area contributed by atoms with Crippen molar-refractivity contribution in [2.45, 2.75) is 51.6 Å². The lowest BCUT2D eigenvalue weighted by Gasteiger charge is -2.22. The van der Waals surface area contributed by atoms with Crippen molar-refractivity contribution in [3.63, 3.8) is 0 Å². The maximum Gasteiger partial charge on any atom is 0.254 e. The van der Waals surface area contributed by atoms with E-state index in [0.29, 0.717) is 24.1 Å². The van der Waals surface area contributed by atoms with E-state index in [4.69, 9.17) is 0 Å². The number of amides is 1. The van der Waals surface area contributed by atoms with E-state index in [0.717, 1.165) is 5.56 Å². The van der Waals surface area contributed by atoms with E-state index in [2.05, 4.69) is 20.6 Å². The largest absolute Gasteiger partial charge is 0.351 e. The Morgan fingerprint density at radius 3 is 2.42 bits per heavy atom. The zero-order valence-corrected chi connectivity index (χ0v) is 14.1. The topological polar surface area (TPSA) is 66.9 Å². The fourth-order valence-corrected chi connectivity index (χ4v) is 2.94. The monoisotopic (exact) mass is 324 g/mol. The summed E-state index contributed by atoms with van der Waals surface area (Å²) in [5.41, 5.74) is 2.77. The van der Waals surface area contributed by atoms with Gasteiger partial charge < -0.3 is 10.6 Å². The number of rotatable bonds is 5. The predicted molar refractivity (Wildman–Crippen MR) is 94.9 cm³/mol. The van der Waals surface area contributed by atoms with Crippen molar-refractivity contribution in [1.29, 1.82) is 0 Å². The molecule has 0 atom stereocenters. The Morgan fingerprint density at radius 2 is 1.75 bits per heavy atom. The van der Waals surface area contributed by atoms with Gasteiger partial charge in [-0.25, -0.2) is 9.97 Å². The van der Waals surface area contributed by atoms with Gasteiger partial charge in [0.15, 0.2) is 0 Å². The van der Waals surface area contributed by atoms with Crippen LogP contribution in [0.5, 0.6) is 0 Å². The van der Waals surface area contributed by atoms with E-state index in [-0.39, 0.29) is 5.91 Å². The van der Waals surface area contributed by atoms with E-state index in [1.807, 2.05) is 31.2 Å². The van der Waals surface area contributed by atoms with Gasteiger partial charge in [-0.15, -0.1) is 0 Å². The molecule has 1 aliphatic rings. The first-order valence-electron chi connectivity index (χ1n) is 8.63. The van der Waals surface area contributed by atoms with Crippen molar-refractivity contribution >= 4 is 11.9 Å². The van der Waals surface area contributed by atoms with Crippen molar-refractivity contribution in [3.05, 3.63) is 53.3 Å². The first-order valence-corrected chi connectivity index (χ1v) is 8.63. The molecule has 0 bridgehead atoms. The SMILES string of the molecule is Cc1ccc(CNC(=O)c2cnc(NC3CCCCC3)nc2)cc1. The molecule has 5 nitrogen and oxygen atoms in total. The van der Waals surface area contributed by atoms with Crippen LogP contribution in [0.2, 0.25) is 0 Å². The summed E-state index contributed by atoms with van der Waals surface area (Å²) >= 11 is 0. The molecule has 1 aromatic carbocycles. The average Bonchev–Trinajstić information content (AvgIpc) is 2.62. The Bertz CT molecular complexity index is 661. The van der Waals surface area contributed by atoms with Crippen LogP contribution in [0.4, 0.5) is 5.95 Å². The van der Waals surface area contributed by atoms with E-state index < -0.39 is 0 Å². The number of nitrogens with zero attached hydrogens (tertiary/aromatic N) is 2. The van der Waals surface area contributed by atoms with E-state index in [1.165, 1.54) is 37.7 Å². The first kappa shape index (κ1) is 16.4. The summed E-state index contributed by atoms with van der Waals surface area (Å²) in [6, 6.07) is 8.57. The summed E-state index contributed by atoms with van der Waals surface area (Å²) < 4.78 is 0. The minimum Gasteiger partial charge on any atom is -0.351 e. The molecule has 2 N–H and O–H groups in total. The highest BCUT2D eigenvalue weighted by Gasteiger charge is 2.14. The Hall–Kier alpha value is -2.43. The molecule has 1 fully saturated rings. The fourth-order valence-electron chi connectivity index (χ4n) is 2.94. The fraction of sp³-hybridized carbons (Fsp3) is 0.421. The van der Waals surface area contributed by atoms with E-state index in [9.17, 15) is 4.79 Å². The van der Waals surface area contributed by atoms with Crippen molar-refractivity contribution in [2.75, 3.05) is 5.32 Å². The number of aromatic nitrogens is 2. The highest BCUT2D eigenvalue weighted by molar-refractivity contribution is 5.93. The minimum absolute atomic E-state index is 0.153. The second-order valence-electron chi connectivity index (χ2n) is 6.44. The van der Waals surface area contributed by atoms with E-state index >= 15 is 0 Å². The van der Waals surface area contributed by atoms with Crippen LogP contribution in [0, 0.1) is 6.92 Å². The normalized spacial score (nSPS) is 15.0. The minimum atomic E-state index is -0.153. The summed E-state index contributed by atoms with van der Waals surface area (Å²) in [7, 11) is 0. The number of anilines is 1. The van der Waals surface area contributed by atoms with Crippen LogP contribution < -0.4 is 10.6 Å².